The predicted molar refractivity (Wildman–Crippen MR) is 69.1 cm³/mol. The normalized spacial score (nSPS) is 10.7. The zero-order valence-electron chi connectivity index (χ0n) is 9.37. The molecule has 0 atom stereocenters. The van der Waals surface area contributed by atoms with Crippen molar-refractivity contribution < 1.29 is 0 Å². The number of nitrogens with one attached hydrogen (secondary N) is 1. The number of rotatable bonds is 3. The van der Waals surface area contributed by atoms with Crippen LogP contribution in [0.4, 0.5) is 0 Å². The summed E-state index contributed by atoms with van der Waals surface area (Å²) in [6, 6.07) is 8.14. The van der Waals surface area contributed by atoms with E-state index in [1.54, 1.807) is 0 Å². The fourth-order valence-corrected chi connectivity index (χ4v) is 2.18. The molecule has 0 spiro atoms. The lowest BCUT2D eigenvalue weighted by Gasteiger charge is -2.06. The number of imidazole rings is 1. The molecule has 2 aromatic rings. The Bertz CT molecular complexity index is 491. The fraction of sp³-hybridized carbons (Fsp3) is 0.250. The van der Waals surface area contributed by atoms with Crippen LogP contribution in [0.5, 0.6) is 0 Å². The van der Waals surface area contributed by atoms with E-state index in [1.165, 1.54) is 5.69 Å². The Morgan fingerprint density at radius 2 is 2.12 bits per heavy atom. The third kappa shape index (κ3) is 2.03. The number of nitrogens with zero attached hydrogens (tertiary/aromatic N) is 2. The van der Waals surface area contributed by atoms with Crippen LogP contribution >= 0.6 is 15.9 Å². The molecule has 0 amide bonds. The highest BCUT2D eigenvalue weighted by molar-refractivity contribution is 9.10. The van der Waals surface area contributed by atoms with E-state index in [1.807, 2.05) is 43.2 Å². The first kappa shape index (κ1) is 11.4. The summed E-state index contributed by atoms with van der Waals surface area (Å²) in [4.78, 5) is 4.46. The predicted octanol–water partition coefficient (Wildman–Crippen LogP) is 2.57. The van der Waals surface area contributed by atoms with Crippen LogP contribution in [0.1, 0.15) is 5.69 Å². The van der Waals surface area contributed by atoms with Crippen LogP contribution in [0.3, 0.4) is 0 Å². The van der Waals surface area contributed by atoms with E-state index >= 15 is 0 Å². The minimum absolute atomic E-state index is 0.813. The van der Waals surface area contributed by atoms with Crippen molar-refractivity contribution in [1.29, 1.82) is 0 Å². The van der Waals surface area contributed by atoms with Crippen molar-refractivity contribution in [3.8, 4) is 11.3 Å². The summed E-state index contributed by atoms with van der Waals surface area (Å²) in [5, 5.41) is 3.16. The van der Waals surface area contributed by atoms with Gasteiger partial charge in [-0.2, -0.15) is 0 Å². The first-order valence-corrected chi connectivity index (χ1v) is 5.93. The van der Waals surface area contributed by atoms with Crippen molar-refractivity contribution in [3.05, 3.63) is 40.8 Å². The summed E-state index contributed by atoms with van der Waals surface area (Å²) in [6.07, 6.45) is 1.85. The zero-order chi connectivity index (χ0) is 11.5. The Morgan fingerprint density at radius 3 is 2.81 bits per heavy atom. The number of aryl methyl sites for hydroxylation is 1. The summed E-state index contributed by atoms with van der Waals surface area (Å²) in [6.45, 7) is 0.813. The molecule has 0 aliphatic heterocycles. The van der Waals surface area contributed by atoms with Gasteiger partial charge >= 0.3 is 0 Å². The van der Waals surface area contributed by atoms with Crippen LogP contribution in [-0.4, -0.2) is 16.6 Å². The monoisotopic (exact) mass is 279 g/mol. The molecule has 3 nitrogen and oxygen atoms in total. The average Bonchev–Trinajstić information content (AvgIpc) is 2.62. The molecule has 1 aromatic carbocycles. The van der Waals surface area contributed by atoms with Gasteiger partial charge < -0.3 is 9.88 Å². The van der Waals surface area contributed by atoms with Crippen molar-refractivity contribution in [2.45, 2.75) is 6.54 Å². The molecule has 0 saturated carbocycles. The van der Waals surface area contributed by atoms with Crippen LogP contribution in [0, 0.1) is 0 Å². The van der Waals surface area contributed by atoms with Gasteiger partial charge in [0.1, 0.15) is 0 Å². The Balaban J connectivity index is 2.52. The first-order valence-electron chi connectivity index (χ1n) is 5.13. The van der Waals surface area contributed by atoms with Crippen molar-refractivity contribution in [1.82, 2.24) is 14.9 Å². The quantitative estimate of drug-likeness (QED) is 0.936. The van der Waals surface area contributed by atoms with Gasteiger partial charge in [0.2, 0.25) is 0 Å². The SMILES string of the molecule is CNCc1c(-c2ccccc2Br)ncn1C. The lowest BCUT2D eigenvalue weighted by molar-refractivity contribution is 0.735. The van der Waals surface area contributed by atoms with Gasteiger partial charge in [-0.3, -0.25) is 0 Å². The van der Waals surface area contributed by atoms with Gasteiger partial charge in [-0.25, -0.2) is 4.98 Å². The molecule has 84 valence electrons. The topological polar surface area (TPSA) is 29.9 Å². The number of aromatic nitrogens is 2. The van der Waals surface area contributed by atoms with Crippen LogP contribution in [-0.2, 0) is 13.6 Å². The second-order valence-corrected chi connectivity index (χ2v) is 4.52. The van der Waals surface area contributed by atoms with E-state index in [4.69, 9.17) is 0 Å². The number of hydrogen-bond acceptors (Lipinski definition) is 2. The molecule has 0 aliphatic rings. The van der Waals surface area contributed by atoms with Crippen molar-refractivity contribution in [2.75, 3.05) is 7.05 Å². The van der Waals surface area contributed by atoms with Gasteiger partial charge in [0.25, 0.3) is 0 Å². The van der Waals surface area contributed by atoms with E-state index < -0.39 is 0 Å². The molecule has 16 heavy (non-hydrogen) atoms. The molecular formula is C12H14BrN3. The molecule has 0 fully saturated rings. The summed E-state index contributed by atoms with van der Waals surface area (Å²) in [5.41, 5.74) is 3.35. The highest BCUT2D eigenvalue weighted by Crippen LogP contribution is 2.28. The van der Waals surface area contributed by atoms with E-state index in [-0.39, 0.29) is 0 Å². The molecular weight excluding hydrogens is 266 g/mol. The molecule has 1 heterocycles. The maximum Gasteiger partial charge on any atom is 0.0953 e. The van der Waals surface area contributed by atoms with Gasteiger partial charge in [0, 0.05) is 23.6 Å². The number of halogens is 1. The molecule has 2 rings (SSSR count). The Morgan fingerprint density at radius 1 is 1.38 bits per heavy atom. The van der Waals surface area contributed by atoms with E-state index in [2.05, 4.69) is 32.3 Å². The molecule has 0 aliphatic carbocycles. The van der Waals surface area contributed by atoms with Gasteiger partial charge in [-0.15, -0.1) is 0 Å². The smallest absolute Gasteiger partial charge is 0.0953 e. The molecule has 0 saturated heterocycles. The van der Waals surface area contributed by atoms with E-state index in [0.29, 0.717) is 0 Å². The minimum atomic E-state index is 0.813. The molecule has 1 aromatic heterocycles. The second-order valence-electron chi connectivity index (χ2n) is 3.66. The molecule has 1 N–H and O–H groups in total. The lowest BCUT2D eigenvalue weighted by atomic mass is 10.1. The summed E-state index contributed by atoms with van der Waals surface area (Å²) in [5.74, 6) is 0. The van der Waals surface area contributed by atoms with Crippen molar-refractivity contribution in [2.24, 2.45) is 7.05 Å². The maximum atomic E-state index is 4.46. The molecule has 0 unspecified atom stereocenters. The largest absolute Gasteiger partial charge is 0.336 e. The van der Waals surface area contributed by atoms with Crippen molar-refractivity contribution >= 4 is 15.9 Å². The Hall–Kier alpha value is -1.13. The Kier molecular flexibility index (Phi) is 3.41. The Labute approximate surface area is 104 Å². The van der Waals surface area contributed by atoms with Gasteiger partial charge in [0.05, 0.1) is 17.7 Å². The minimum Gasteiger partial charge on any atom is -0.336 e. The summed E-state index contributed by atoms with van der Waals surface area (Å²) >= 11 is 3.56. The van der Waals surface area contributed by atoms with E-state index in [9.17, 15) is 0 Å². The van der Waals surface area contributed by atoms with Crippen LogP contribution in [0.15, 0.2) is 35.1 Å². The molecule has 0 bridgehead atoms. The highest BCUT2D eigenvalue weighted by Gasteiger charge is 2.12. The van der Waals surface area contributed by atoms with E-state index in [0.717, 1.165) is 22.3 Å². The van der Waals surface area contributed by atoms with Crippen LogP contribution in [0.2, 0.25) is 0 Å². The van der Waals surface area contributed by atoms with Crippen LogP contribution < -0.4 is 5.32 Å². The fourth-order valence-electron chi connectivity index (χ4n) is 1.71. The van der Waals surface area contributed by atoms with Crippen molar-refractivity contribution in [3.63, 3.8) is 0 Å². The first-order chi connectivity index (χ1) is 7.74. The second kappa shape index (κ2) is 4.80. The van der Waals surface area contributed by atoms with Crippen LogP contribution in [0.25, 0.3) is 11.3 Å². The third-order valence-electron chi connectivity index (χ3n) is 2.53. The van der Waals surface area contributed by atoms with Gasteiger partial charge in [-0.05, 0) is 13.1 Å². The van der Waals surface area contributed by atoms with Gasteiger partial charge in [-0.1, -0.05) is 34.1 Å². The maximum absolute atomic E-state index is 4.46. The number of hydrogen-bond donors (Lipinski definition) is 1. The zero-order valence-corrected chi connectivity index (χ0v) is 11.0. The summed E-state index contributed by atoms with van der Waals surface area (Å²) < 4.78 is 3.12. The highest BCUT2D eigenvalue weighted by atomic mass is 79.9. The molecule has 0 radical (unpaired) electrons. The molecule has 4 heteroatoms. The standard InChI is InChI=1S/C12H14BrN3/c1-14-7-11-12(15-8-16(11)2)9-5-3-4-6-10(9)13/h3-6,8,14H,7H2,1-2H3. The third-order valence-corrected chi connectivity index (χ3v) is 3.22. The lowest BCUT2D eigenvalue weighted by Crippen LogP contribution is -2.10. The number of benzene rings is 1. The van der Waals surface area contributed by atoms with Gasteiger partial charge in [0.15, 0.2) is 0 Å². The average molecular weight is 280 g/mol. The summed E-state index contributed by atoms with van der Waals surface area (Å²) in [7, 11) is 3.96.